The third kappa shape index (κ3) is 3.98. The summed E-state index contributed by atoms with van der Waals surface area (Å²) in [5, 5.41) is 5.79. The summed E-state index contributed by atoms with van der Waals surface area (Å²) in [5.41, 5.74) is 4.90. The van der Waals surface area contributed by atoms with Gasteiger partial charge in [0.2, 0.25) is 5.91 Å². The Balaban J connectivity index is 1.09. The van der Waals surface area contributed by atoms with Gasteiger partial charge in [-0.25, -0.2) is 0 Å². The Hall–Kier alpha value is -3.05. The highest BCUT2D eigenvalue weighted by atomic mass is 16.1. The molecule has 5 nitrogen and oxygen atoms in total. The Morgan fingerprint density at radius 1 is 0.900 bits per heavy atom. The molecule has 5 rings (SSSR count). The van der Waals surface area contributed by atoms with Crippen molar-refractivity contribution in [3.8, 4) is 0 Å². The van der Waals surface area contributed by atoms with Crippen LogP contribution in [0.5, 0.6) is 0 Å². The van der Waals surface area contributed by atoms with Gasteiger partial charge in [-0.15, -0.1) is 0 Å². The number of hydrogen-bond donors (Lipinski definition) is 3. The van der Waals surface area contributed by atoms with Crippen molar-refractivity contribution < 1.29 is 4.79 Å². The van der Waals surface area contributed by atoms with E-state index < -0.39 is 0 Å². The zero-order chi connectivity index (χ0) is 20.3. The molecule has 154 valence electrons. The highest BCUT2D eigenvalue weighted by molar-refractivity contribution is 5.84. The number of nitrogens with zero attached hydrogens (tertiary/aromatic N) is 1. The molecule has 30 heavy (non-hydrogen) atoms. The number of carbonyl (C=O) groups excluding carboxylic acids is 1. The number of aromatic amines is 2. The van der Waals surface area contributed by atoms with E-state index in [2.05, 4.69) is 62.8 Å². The van der Waals surface area contributed by atoms with Gasteiger partial charge in [-0.3, -0.25) is 9.69 Å². The zero-order valence-corrected chi connectivity index (χ0v) is 17.2. The van der Waals surface area contributed by atoms with E-state index >= 15 is 0 Å². The average Bonchev–Trinajstić information content (AvgIpc) is 3.38. The lowest BCUT2D eigenvalue weighted by atomic mass is 10.0. The number of fused-ring (bicyclic) bond motifs is 2. The number of rotatable bonds is 6. The van der Waals surface area contributed by atoms with Crippen LogP contribution in [0.25, 0.3) is 21.8 Å². The molecular formula is C25H28N4O. The number of nitrogens with one attached hydrogen (secondary N) is 3. The summed E-state index contributed by atoms with van der Waals surface area (Å²) in [4.78, 5) is 21.6. The lowest BCUT2D eigenvalue weighted by Gasteiger charge is -2.32. The number of amides is 1. The molecule has 1 aliphatic rings. The standard InChI is InChI=1S/C25H28N4O/c30-25(10-9-18-15-26-23-7-3-1-5-21(18)23)28-20-11-13-29(14-12-20)17-19-16-27-24-8-4-2-6-22(19)24/h1-8,15-16,20,26-27H,9-14,17H2,(H,28,30). The molecule has 0 atom stereocenters. The molecule has 1 saturated heterocycles. The van der Waals surface area contributed by atoms with E-state index in [0.29, 0.717) is 12.5 Å². The van der Waals surface area contributed by atoms with Crippen molar-refractivity contribution in [2.45, 2.75) is 38.3 Å². The number of para-hydroxylation sites is 2. The molecule has 1 fully saturated rings. The summed E-state index contributed by atoms with van der Waals surface area (Å²) in [6, 6.07) is 17.0. The molecule has 2 aromatic heterocycles. The quantitative estimate of drug-likeness (QED) is 0.450. The molecule has 3 N–H and O–H groups in total. The molecule has 4 aromatic rings. The molecule has 5 heteroatoms. The second-order valence-electron chi connectivity index (χ2n) is 8.34. The van der Waals surface area contributed by atoms with Gasteiger partial charge in [0.1, 0.15) is 0 Å². The number of aryl methyl sites for hydroxylation is 1. The smallest absolute Gasteiger partial charge is 0.220 e. The third-order valence-electron chi connectivity index (χ3n) is 6.32. The summed E-state index contributed by atoms with van der Waals surface area (Å²) in [5.74, 6) is 0.162. The number of carbonyl (C=O) groups is 1. The van der Waals surface area contributed by atoms with E-state index in [9.17, 15) is 4.79 Å². The van der Waals surface area contributed by atoms with Crippen molar-refractivity contribution in [1.82, 2.24) is 20.2 Å². The Morgan fingerprint density at radius 2 is 1.50 bits per heavy atom. The van der Waals surface area contributed by atoms with Gasteiger partial charge in [-0.2, -0.15) is 0 Å². The van der Waals surface area contributed by atoms with E-state index in [1.165, 1.54) is 27.4 Å². The van der Waals surface area contributed by atoms with Gasteiger partial charge in [0.05, 0.1) is 0 Å². The summed E-state index contributed by atoms with van der Waals surface area (Å²) < 4.78 is 0. The molecule has 1 amide bonds. The molecule has 0 saturated carbocycles. The van der Waals surface area contributed by atoms with Crippen molar-refractivity contribution in [2.75, 3.05) is 13.1 Å². The van der Waals surface area contributed by atoms with Gasteiger partial charge in [0.15, 0.2) is 0 Å². The number of piperidine rings is 1. The van der Waals surface area contributed by atoms with Gasteiger partial charge in [0, 0.05) is 66.3 Å². The fourth-order valence-corrected chi connectivity index (χ4v) is 4.63. The fourth-order valence-electron chi connectivity index (χ4n) is 4.63. The van der Waals surface area contributed by atoms with Crippen molar-refractivity contribution in [1.29, 1.82) is 0 Å². The predicted molar refractivity (Wildman–Crippen MR) is 121 cm³/mol. The highest BCUT2D eigenvalue weighted by Crippen LogP contribution is 2.22. The van der Waals surface area contributed by atoms with Gasteiger partial charge < -0.3 is 15.3 Å². The van der Waals surface area contributed by atoms with Crippen LogP contribution in [0.15, 0.2) is 60.9 Å². The van der Waals surface area contributed by atoms with Crippen molar-refractivity contribution >= 4 is 27.7 Å². The summed E-state index contributed by atoms with van der Waals surface area (Å²) in [6.07, 6.45) is 7.50. The van der Waals surface area contributed by atoms with Crippen LogP contribution in [0, 0.1) is 0 Å². The van der Waals surface area contributed by atoms with Crippen molar-refractivity contribution in [3.63, 3.8) is 0 Å². The van der Waals surface area contributed by atoms with E-state index in [-0.39, 0.29) is 5.91 Å². The third-order valence-corrected chi connectivity index (χ3v) is 6.32. The maximum absolute atomic E-state index is 12.5. The molecule has 1 aliphatic heterocycles. The molecule has 3 heterocycles. The number of likely N-dealkylation sites (tertiary alicyclic amines) is 1. The lowest BCUT2D eigenvalue weighted by molar-refractivity contribution is -0.122. The SMILES string of the molecule is O=C(CCc1c[nH]c2ccccc12)NC1CCN(Cc2c[nH]c3ccccc23)CC1. The maximum atomic E-state index is 12.5. The lowest BCUT2D eigenvalue weighted by Crippen LogP contribution is -2.44. The molecule has 0 radical (unpaired) electrons. The Morgan fingerprint density at radius 3 is 2.20 bits per heavy atom. The van der Waals surface area contributed by atoms with Crippen LogP contribution < -0.4 is 5.32 Å². The monoisotopic (exact) mass is 400 g/mol. The number of hydrogen-bond acceptors (Lipinski definition) is 2. The fraction of sp³-hybridized carbons (Fsp3) is 0.320. The van der Waals surface area contributed by atoms with E-state index in [0.717, 1.165) is 44.4 Å². The largest absolute Gasteiger partial charge is 0.361 e. The molecule has 0 unspecified atom stereocenters. The Kier molecular flexibility index (Phi) is 5.28. The summed E-state index contributed by atoms with van der Waals surface area (Å²) >= 11 is 0. The summed E-state index contributed by atoms with van der Waals surface area (Å²) in [7, 11) is 0. The summed E-state index contributed by atoms with van der Waals surface area (Å²) in [6.45, 7) is 3.01. The van der Waals surface area contributed by atoms with Crippen LogP contribution in [-0.2, 0) is 17.8 Å². The van der Waals surface area contributed by atoms with Crippen LogP contribution in [0.4, 0.5) is 0 Å². The van der Waals surface area contributed by atoms with E-state index in [1.54, 1.807) is 0 Å². The molecule has 0 aliphatic carbocycles. The minimum Gasteiger partial charge on any atom is -0.361 e. The normalized spacial score (nSPS) is 15.7. The molecular weight excluding hydrogens is 372 g/mol. The van der Waals surface area contributed by atoms with Gasteiger partial charge >= 0.3 is 0 Å². The minimum atomic E-state index is 0.162. The van der Waals surface area contributed by atoms with E-state index in [4.69, 9.17) is 0 Å². The van der Waals surface area contributed by atoms with E-state index in [1.807, 2.05) is 18.3 Å². The number of benzene rings is 2. The second-order valence-corrected chi connectivity index (χ2v) is 8.34. The molecule has 2 aromatic carbocycles. The highest BCUT2D eigenvalue weighted by Gasteiger charge is 2.21. The van der Waals surface area contributed by atoms with Crippen LogP contribution in [0.2, 0.25) is 0 Å². The molecule has 0 spiro atoms. The first-order valence-corrected chi connectivity index (χ1v) is 10.9. The van der Waals surface area contributed by atoms with Crippen molar-refractivity contribution in [3.05, 3.63) is 72.1 Å². The maximum Gasteiger partial charge on any atom is 0.220 e. The zero-order valence-electron chi connectivity index (χ0n) is 17.2. The Bertz CT molecular complexity index is 1150. The van der Waals surface area contributed by atoms with Crippen LogP contribution in [-0.4, -0.2) is 39.9 Å². The van der Waals surface area contributed by atoms with Crippen molar-refractivity contribution in [2.24, 2.45) is 0 Å². The number of H-pyrrole nitrogens is 2. The van der Waals surface area contributed by atoms with Gasteiger partial charge in [-0.05, 0) is 42.5 Å². The predicted octanol–water partition coefficient (Wildman–Crippen LogP) is 4.36. The van der Waals surface area contributed by atoms with Gasteiger partial charge in [-0.1, -0.05) is 36.4 Å². The molecule has 0 bridgehead atoms. The van der Waals surface area contributed by atoms with Crippen LogP contribution >= 0.6 is 0 Å². The minimum absolute atomic E-state index is 0.162. The second kappa shape index (κ2) is 8.36. The first-order chi connectivity index (χ1) is 14.8. The van der Waals surface area contributed by atoms with Crippen LogP contribution in [0.3, 0.4) is 0 Å². The first-order valence-electron chi connectivity index (χ1n) is 10.9. The number of aromatic nitrogens is 2. The first kappa shape index (κ1) is 18.9. The average molecular weight is 401 g/mol. The van der Waals surface area contributed by atoms with Crippen LogP contribution in [0.1, 0.15) is 30.4 Å². The van der Waals surface area contributed by atoms with Gasteiger partial charge in [0.25, 0.3) is 0 Å². The Labute approximate surface area is 176 Å². The topological polar surface area (TPSA) is 63.9 Å².